The van der Waals surface area contributed by atoms with Gasteiger partial charge in [-0.25, -0.2) is 0 Å². The van der Waals surface area contributed by atoms with Crippen molar-refractivity contribution in [2.24, 2.45) is 0 Å². The minimum Gasteiger partial charge on any atom is -0.395 e. The van der Waals surface area contributed by atoms with E-state index in [2.05, 4.69) is 17.4 Å². The summed E-state index contributed by atoms with van der Waals surface area (Å²) in [4.78, 5) is 0. The number of rotatable bonds is 5. The van der Waals surface area contributed by atoms with Crippen molar-refractivity contribution in [1.29, 1.82) is 0 Å². The lowest BCUT2D eigenvalue weighted by Gasteiger charge is -2.27. The van der Waals surface area contributed by atoms with E-state index in [0.29, 0.717) is 6.04 Å². The van der Waals surface area contributed by atoms with Gasteiger partial charge in [-0.3, -0.25) is 4.21 Å². The van der Waals surface area contributed by atoms with Gasteiger partial charge >= 0.3 is 0 Å². The van der Waals surface area contributed by atoms with Crippen LogP contribution in [0.2, 0.25) is 0 Å². The van der Waals surface area contributed by atoms with Gasteiger partial charge in [-0.1, -0.05) is 30.3 Å². The van der Waals surface area contributed by atoms with E-state index < -0.39 is 10.8 Å². The molecule has 0 aromatic heterocycles. The molecule has 1 aromatic carbocycles. The van der Waals surface area contributed by atoms with Crippen molar-refractivity contribution >= 4 is 10.8 Å². The highest BCUT2D eigenvalue weighted by Gasteiger charge is 2.20. The maximum Gasteiger partial charge on any atom is 0.0587 e. The Morgan fingerprint density at radius 2 is 1.94 bits per heavy atom. The Kier molecular flexibility index (Phi) is 5.35. The fourth-order valence-corrected chi connectivity index (χ4v) is 3.67. The first-order chi connectivity index (χ1) is 8.78. The van der Waals surface area contributed by atoms with Crippen LogP contribution in [0, 0.1) is 0 Å². The Morgan fingerprint density at radius 1 is 1.28 bits per heavy atom. The van der Waals surface area contributed by atoms with Crippen LogP contribution in [0.5, 0.6) is 0 Å². The van der Waals surface area contributed by atoms with E-state index in [9.17, 15) is 9.32 Å². The number of nitrogens with one attached hydrogen (secondary N) is 1. The first kappa shape index (κ1) is 13.7. The van der Waals surface area contributed by atoms with Crippen molar-refractivity contribution in [3.63, 3.8) is 0 Å². The Labute approximate surface area is 111 Å². The average Bonchev–Trinajstić information content (AvgIpc) is 2.41. The highest BCUT2D eigenvalue weighted by molar-refractivity contribution is 7.85. The van der Waals surface area contributed by atoms with Gasteiger partial charge in [0.05, 0.1) is 6.61 Å². The summed E-state index contributed by atoms with van der Waals surface area (Å²) < 4.78 is 11.3. The molecule has 4 heteroatoms. The molecule has 2 N–H and O–H groups in total. The number of benzene rings is 1. The molecule has 100 valence electrons. The summed E-state index contributed by atoms with van der Waals surface area (Å²) in [6.45, 7) is 0.147. The monoisotopic (exact) mass is 267 g/mol. The largest absolute Gasteiger partial charge is 0.395 e. The molecule has 1 fully saturated rings. The standard InChI is InChI=1S/C14H21NO2S/c16-11-14(10-12-4-2-1-3-5-12)15-13-6-8-18(17)9-7-13/h1-5,13-16H,6-11H2. The summed E-state index contributed by atoms with van der Waals surface area (Å²) in [5.74, 6) is 1.59. The molecule has 2 rings (SSSR count). The Morgan fingerprint density at radius 3 is 2.56 bits per heavy atom. The molecule has 1 atom stereocenters. The van der Waals surface area contributed by atoms with Crippen molar-refractivity contribution in [1.82, 2.24) is 5.32 Å². The molecule has 0 aliphatic carbocycles. The summed E-state index contributed by atoms with van der Waals surface area (Å²) in [5, 5.41) is 12.9. The lowest BCUT2D eigenvalue weighted by molar-refractivity contribution is 0.227. The van der Waals surface area contributed by atoms with Crippen molar-refractivity contribution in [2.45, 2.75) is 31.3 Å². The molecular formula is C14H21NO2S. The average molecular weight is 267 g/mol. The predicted octanol–water partition coefficient (Wildman–Crippen LogP) is 1.09. The smallest absolute Gasteiger partial charge is 0.0587 e. The first-order valence-electron chi connectivity index (χ1n) is 6.53. The predicted molar refractivity (Wildman–Crippen MR) is 75.1 cm³/mol. The van der Waals surface area contributed by atoms with Gasteiger partial charge in [0, 0.05) is 34.4 Å². The third-order valence-corrected chi connectivity index (χ3v) is 4.79. The van der Waals surface area contributed by atoms with Crippen LogP contribution in [0.25, 0.3) is 0 Å². The molecule has 0 saturated carbocycles. The zero-order chi connectivity index (χ0) is 12.8. The summed E-state index contributed by atoms with van der Waals surface area (Å²) in [7, 11) is -0.618. The third kappa shape index (κ3) is 4.19. The van der Waals surface area contributed by atoms with Gasteiger partial charge in [-0.05, 0) is 24.8 Å². The minimum atomic E-state index is -0.618. The molecule has 1 aliphatic heterocycles. The molecule has 0 spiro atoms. The minimum absolute atomic E-state index is 0.101. The maximum absolute atomic E-state index is 11.3. The lowest BCUT2D eigenvalue weighted by Crippen LogP contribution is -2.44. The normalized spacial score (nSPS) is 25.8. The Hall–Kier alpha value is -0.710. The van der Waals surface area contributed by atoms with E-state index in [0.717, 1.165) is 30.8 Å². The van der Waals surface area contributed by atoms with E-state index in [1.165, 1.54) is 5.56 Å². The summed E-state index contributed by atoms with van der Waals surface area (Å²) in [6.07, 6.45) is 2.76. The number of aliphatic hydroxyl groups excluding tert-OH is 1. The number of hydrogen-bond donors (Lipinski definition) is 2. The highest BCUT2D eigenvalue weighted by Crippen LogP contribution is 2.11. The van der Waals surface area contributed by atoms with Gasteiger partial charge in [-0.2, -0.15) is 0 Å². The highest BCUT2D eigenvalue weighted by atomic mass is 32.2. The molecule has 0 radical (unpaired) electrons. The van der Waals surface area contributed by atoms with Crippen LogP contribution in [-0.2, 0) is 17.2 Å². The van der Waals surface area contributed by atoms with Crippen LogP contribution >= 0.6 is 0 Å². The van der Waals surface area contributed by atoms with Crippen LogP contribution in [0.15, 0.2) is 30.3 Å². The number of aliphatic hydroxyl groups is 1. The quantitative estimate of drug-likeness (QED) is 0.839. The molecule has 1 aromatic rings. The van der Waals surface area contributed by atoms with Gasteiger partial charge in [0.25, 0.3) is 0 Å². The Balaban J connectivity index is 1.84. The second-order valence-corrected chi connectivity index (χ2v) is 6.55. The van der Waals surface area contributed by atoms with Crippen molar-refractivity contribution in [2.75, 3.05) is 18.1 Å². The topological polar surface area (TPSA) is 49.3 Å². The summed E-state index contributed by atoms with van der Waals surface area (Å²) >= 11 is 0. The molecule has 1 saturated heterocycles. The van der Waals surface area contributed by atoms with Crippen LogP contribution in [-0.4, -0.2) is 39.5 Å². The van der Waals surface area contributed by atoms with Crippen molar-refractivity contribution in [3.05, 3.63) is 35.9 Å². The van der Waals surface area contributed by atoms with Crippen molar-refractivity contribution < 1.29 is 9.32 Å². The van der Waals surface area contributed by atoms with Gasteiger partial charge in [0.15, 0.2) is 0 Å². The van der Waals surface area contributed by atoms with E-state index >= 15 is 0 Å². The SMILES string of the molecule is O=S1CCC(NC(CO)Cc2ccccc2)CC1. The van der Waals surface area contributed by atoms with Crippen LogP contribution in [0.4, 0.5) is 0 Å². The van der Waals surface area contributed by atoms with Gasteiger partial charge in [-0.15, -0.1) is 0 Å². The van der Waals surface area contributed by atoms with Crippen LogP contribution in [0.1, 0.15) is 18.4 Å². The molecule has 1 unspecified atom stereocenters. The first-order valence-corrected chi connectivity index (χ1v) is 8.02. The summed E-state index contributed by atoms with van der Waals surface area (Å²) in [5.41, 5.74) is 1.24. The molecule has 1 aliphatic rings. The zero-order valence-corrected chi connectivity index (χ0v) is 11.4. The zero-order valence-electron chi connectivity index (χ0n) is 10.5. The molecule has 18 heavy (non-hydrogen) atoms. The second kappa shape index (κ2) is 7.02. The lowest BCUT2D eigenvalue weighted by atomic mass is 10.0. The fraction of sp³-hybridized carbons (Fsp3) is 0.571. The van der Waals surface area contributed by atoms with Gasteiger partial charge < -0.3 is 10.4 Å². The Bertz CT molecular complexity index is 373. The molecule has 0 amide bonds. The molecule has 0 bridgehead atoms. The van der Waals surface area contributed by atoms with Crippen LogP contribution in [0.3, 0.4) is 0 Å². The van der Waals surface area contributed by atoms with Crippen molar-refractivity contribution in [3.8, 4) is 0 Å². The maximum atomic E-state index is 11.3. The van der Waals surface area contributed by atoms with Gasteiger partial charge in [0.1, 0.15) is 0 Å². The van der Waals surface area contributed by atoms with E-state index in [-0.39, 0.29) is 12.6 Å². The molecule has 3 nitrogen and oxygen atoms in total. The van der Waals surface area contributed by atoms with E-state index in [1.807, 2.05) is 18.2 Å². The fourth-order valence-electron chi connectivity index (χ4n) is 2.37. The second-order valence-electron chi connectivity index (χ2n) is 4.86. The van der Waals surface area contributed by atoms with E-state index in [1.54, 1.807) is 0 Å². The number of hydrogen-bond acceptors (Lipinski definition) is 3. The van der Waals surface area contributed by atoms with Gasteiger partial charge in [0.2, 0.25) is 0 Å². The third-order valence-electron chi connectivity index (χ3n) is 3.40. The van der Waals surface area contributed by atoms with E-state index in [4.69, 9.17) is 0 Å². The molecule has 1 heterocycles. The van der Waals surface area contributed by atoms with Crippen LogP contribution < -0.4 is 5.32 Å². The molecular weight excluding hydrogens is 246 g/mol. The summed E-state index contributed by atoms with van der Waals surface area (Å²) in [6, 6.07) is 10.7.